The monoisotopic (exact) mass is 267 g/mol. The number of methoxy groups -OCH3 is 1. The lowest BCUT2D eigenvalue weighted by Crippen LogP contribution is -2.37. The first-order valence-electron chi connectivity index (χ1n) is 6.08. The number of hydrogen-bond donors (Lipinski definition) is 2. The molecule has 0 aromatic carbocycles. The zero-order chi connectivity index (χ0) is 14.4. The van der Waals surface area contributed by atoms with Crippen molar-refractivity contribution < 1.29 is 9.53 Å². The topological polar surface area (TPSA) is 93.4 Å². The molecule has 0 spiro atoms. The first-order valence-corrected chi connectivity index (χ1v) is 6.08. The van der Waals surface area contributed by atoms with Gasteiger partial charge in [0.1, 0.15) is 6.33 Å². The van der Waals surface area contributed by atoms with Crippen LogP contribution in [0.25, 0.3) is 0 Å². The molecular formula is C12H21N5O2. The second-order valence-electron chi connectivity index (χ2n) is 4.67. The predicted octanol–water partition coefficient (Wildman–Crippen LogP) is 0.276. The summed E-state index contributed by atoms with van der Waals surface area (Å²) in [6.45, 7) is 4.91. The van der Waals surface area contributed by atoms with Gasteiger partial charge in [-0.1, -0.05) is 13.8 Å². The maximum absolute atomic E-state index is 11.7. The molecule has 106 valence electrons. The summed E-state index contributed by atoms with van der Waals surface area (Å²) in [5.41, 5.74) is 5.70. The SMILES string of the molecule is COc1c(N)ncnc1N(C)CC(=O)NCC(C)C. The fraction of sp³-hybridized carbons (Fsp3) is 0.583. The van der Waals surface area contributed by atoms with Crippen molar-refractivity contribution in [2.45, 2.75) is 13.8 Å². The first-order chi connectivity index (χ1) is 8.95. The van der Waals surface area contributed by atoms with Crippen LogP contribution in [0.4, 0.5) is 11.6 Å². The highest BCUT2D eigenvalue weighted by Gasteiger charge is 2.16. The number of ether oxygens (including phenoxy) is 1. The summed E-state index contributed by atoms with van der Waals surface area (Å²) < 4.78 is 5.15. The van der Waals surface area contributed by atoms with Crippen molar-refractivity contribution in [3.05, 3.63) is 6.33 Å². The quantitative estimate of drug-likeness (QED) is 0.768. The lowest BCUT2D eigenvalue weighted by Gasteiger charge is -2.20. The molecule has 7 nitrogen and oxygen atoms in total. The van der Waals surface area contributed by atoms with Gasteiger partial charge in [-0.3, -0.25) is 4.79 Å². The molecular weight excluding hydrogens is 246 g/mol. The van der Waals surface area contributed by atoms with E-state index in [1.165, 1.54) is 13.4 Å². The van der Waals surface area contributed by atoms with Crippen LogP contribution in [0.5, 0.6) is 5.75 Å². The Morgan fingerprint density at radius 3 is 2.79 bits per heavy atom. The molecule has 0 unspecified atom stereocenters. The summed E-state index contributed by atoms with van der Waals surface area (Å²) in [5, 5.41) is 2.84. The highest BCUT2D eigenvalue weighted by atomic mass is 16.5. The van der Waals surface area contributed by atoms with Crippen molar-refractivity contribution in [1.82, 2.24) is 15.3 Å². The molecule has 1 aromatic heterocycles. The number of carbonyl (C=O) groups excluding carboxylic acids is 1. The van der Waals surface area contributed by atoms with Crippen LogP contribution in [-0.4, -0.2) is 43.1 Å². The van der Waals surface area contributed by atoms with E-state index in [2.05, 4.69) is 15.3 Å². The van der Waals surface area contributed by atoms with E-state index in [0.717, 1.165) is 0 Å². The molecule has 0 saturated heterocycles. The number of nitrogens with zero attached hydrogens (tertiary/aromatic N) is 3. The lowest BCUT2D eigenvalue weighted by molar-refractivity contribution is -0.119. The summed E-state index contributed by atoms with van der Waals surface area (Å²) in [5.74, 6) is 1.47. The van der Waals surface area contributed by atoms with E-state index in [4.69, 9.17) is 10.5 Å². The van der Waals surface area contributed by atoms with Gasteiger partial charge in [0.05, 0.1) is 13.7 Å². The van der Waals surface area contributed by atoms with Gasteiger partial charge in [0.2, 0.25) is 11.7 Å². The van der Waals surface area contributed by atoms with E-state index in [9.17, 15) is 4.79 Å². The largest absolute Gasteiger partial charge is 0.490 e. The second kappa shape index (κ2) is 6.77. The number of nitrogen functional groups attached to an aromatic ring is 1. The average molecular weight is 267 g/mol. The van der Waals surface area contributed by atoms with Gasteiger partial charge < -0.3 is 20.7 Å². The third kappa shape index (κ3) is 4.27. The summed E-state index contributed by atoms with van der Waals surface area (Å²) in [4.78, 5) is 21.4. The number of hydrogen-bond acceptors (Lipinski definition) is 6. The highest BCUT2D eigenvalue weighted by Crippen LogP contribution is 2.28. The summed E-state index contributed by atoms with van der Waals surface area (Å²) in [7, 11) is 3.24. The van der Waals surface area contributed by atoms with Crippen molar-refractivity contribution >= 4 is 17.5 Å². The van der Waals surface area contributed by atoms with Crippen molar-refractivity contribution in [1.29, 1.82) is 0 Å². The zero-order valence-corrected chi connectivity index (χ0v) is 11.8. The standard InChI is InChI=1S/C12H21N5O2/c1-8(2)5-14-9(18)6-17(3)12-10(19-4)11(13)15-7-16-12/h7-8H,5-6H2,1-4H3,(H,14,18)(H2,13,15,16). The van der Waals surface area contributed by atoms with Crippen LogP contribution in [0.2, 0.25) is 0 Å². The van der Waals surface area contributed by atoms with Crippen LogP contribution < -0.4 is 20.7 Å². The van der Waals surface area contributed by atoms with E-state index in [1.54, 1.807) is 11.9 Å². The summed E-state index contributed by atoms with van der Waals surface area (Å²) in [6, 6.07) is 0. The lowest BCUT2D eigenvalue weighted by atomic mass is 10.2. The third-order valence-electron chi connectivity index (χ3n) is 2.47. The molecule has 0 saturated carbocycles. The number of amides is 1. The highest BCUT2D eigenvalue weighted by molar-refractivity contribution is 5.81. The Bertz CT molecular complexity index is 436. The Labute approximate surface area is 113 Å². The summed E-state index contributed by atoms with van der Waals surface area (Å²) in [6.07, 6.45) is 1.34. The number of likely N-dealkylation sites (N-methyl/N-ethyl adjacent to an activating group) is 1. The van der Waals surface area contributed by atoms with E-state index < -0.39 is 0 Å². The number of anilines is 2. The molecule has 0 bridgehead atoms. The maximum Gasteiger partial charge on any atom is 0.239 e. The van der Waals surface area contributed by atoms with Gasteiger partial charge in [0, 0.05) is 13.6 Å². The Morgan fingerprint density at radius 1 is 1.53 bits per heavy atom. The van der Waals surface area contributed by atoms with Gasteiger partial charge in [-0.25, -0.2) is 9.97 Å². The third-order valence-corrected chi connectivity index (χ3v) is 2.47. The average Bonchev–Trinajstić information content (AvgIpc) is 2.36. The Kier molecular flexibility index (Phi) is 5.35. The summed E-state index contributed by atoms with van der Waals surface area (Å²) >= 11 is 0. The van der Waals surface area contributed by atoms with Crippen LogP contribution in [0.1, 0.15) is 13.8 Å². The normalized spacial score (nSPS) is 10.4. The van der Waals surface area contributed by atoms with Crippen molar-refractivity contribution in [3.63, 3.8) is 0 Å². The molecule has 0 atom stereocenters. The molecule has 3 N–H and O–H groups in total. The van der Waals surface area contributed by atoms with E-state index >= 15 is 0 Å². The van der Waals surface area contributed by atoms with E-state index in [-0.39, 0.29) is 18.3 Å². The van der Waals surface area contributed by atoms with Gasteiger partial charge in [-0.15, -0.1) is 0 Å². The van der Waals surface area contributed by atoms with E-state index in [1.807, 2.05) is 13.8 Å². The minimum atomic E-state index is -0.0737. The van der Waals surface area contributed by atoms with Gasteiger partial charge in [-0.2, -0.15) is 0 Å². The molecule has 7 heteroatoms. The van der Waals surface area contributed by atoms with Gasteiger partial charge >= 0.3 is 0 Å². The van der Waals surface area contributed by atoms with Crippen molar-refractivity contribution in [3.8, 4) is 5.75 Å². The van der Waals surface area contributed by atoms with Crippen LogP contribution in [-0.2, 0) is 4.79 Å². The van der Waals surface area contributed by atoms with Crippen molar-refractivity contribution in [2.24, 2.45) is 5.92 Å². The van der Waals surface area contributed by atoms with Gasteiger partial charge in [0.25, 0.3) is 0 Å². The molecule has 1 amide bonds. The number of nitrogens with one attached hydrogen (secondary N) is 1. The van der Waals surface area contributed by atoms with Crippen LogP contribution in [0.15, 0.2) is 6.33 Å². The van der Waals surface area contributed by atoms with Crippen LogP contribution in [0, 0.1) is 5.92 Å². The predicted molar refractivity (Wildman–Crippen MR) is 74.1 cm³/mol. The number of aromatic nitrogens is 2. The Balaban J connectivity index is 2.70. The minimum absolute atomic E-state index is 0.0737. The molecule has 1 rings (SSSR count). The molecule has 0 aliphatic rings. The molecule has 1 aromatic rings. The fourth-order valence-corrected chi connectivity index (χ4v) is 1.51. The molecule has 0 fully saturated rings. The Morgan fingerprint density at radius 2 is 2.21 bits per heavy atom. The fourth-order valence-electron chi connectivity index (χ4n) is 1.51. The second-order valence-corrected chi connectivity index (χ2v) is 4.67. The number of rotatable bonds is 6. The zero-order valence-electron chi connectivity index (χ0n) is 11.8. The van der Waals surface area contributed by atoms with Gasteiger partial charge in [0.15, 0.2) is 11.6 Å². The first kappa shape index (κ1) is 15.0. The minimum Gasteiger partial charge on any atom is -0.490 e. The maximum atomic E-state index is 11.7. The van der Waals surface area contributed by atoms with Crippen molar-refractivity contribution in [2.75, 3.05) is 37.9 Å². The van der Waals surface area contributed by atoms with Crippen LogP contribution >= 0.6 is 0 Å². The molecule has 0 aliphatic carbocycles. The van der Waals surface area contributed by atoms with Crippen LogP contribution in [0.3, 0.4) is 0 Å². The number of carbonyl (C=O) groups is 1. The smallest absolute Gasteiger partial charge is 0.239 e. The molecule has 19 heavy (non-hydrogen) atoms. The number of nitrogens with two attached hydrogens (primary N) is 1. The molecule has 1 heterocycles. The molecule has 0 aliphatic heterocycles. The van der Waals surface area contributed by atoms with E-state index in [0.29, 0.717) is 24.0 Å². The van der Waals surface area contributed by atoms with Gasteiger partial charge in [-0.05, 0) is 5.92 Å². The Hall–Kier alpha value is -2.05. The molecule has 0 radical (unpaired) electrons.